The van der Waals surface area contributed by atoms with Crippen LogP contribution in [0.4, 0.5) is 5.69 Å². The SMILES string of the molecule is CC[C@H](C(=O)NC(C)(C)C)N(Cc1ccccc1)C(=O)CCCN(c1ccc(C)c(C)c1)S(C)(=O)=O. The van der Waals surface area contributed by atoms with Gasteiger partial charge in [0.15, 0.2) is 0 Å². The van der Waals surface area contributed by atoms with Crippen molar-refractivity contribution in [2.75, 3.05) is 17.1 Å². The smallest absolute Gasteiger partial charge is 0.243 e. The summed E-state index contributed by atoms with van der Waals surface area (Å²) in [4.78, 5) is 28.2. The summed E-state index contributed by atoms with van der Waals surface area (Å²) >= 11 is 0. The molecule has 198 valence electrons. The van der Waals surface area contributed by atoms with Gasteiger partial charge in [-0.25, -0.2) is 8.42 Å². The highest BCUT2D eigenvalue weighted by atomic mass is 32.2. The predicted octanol–water partition coefficient (Wildman–Crippen LogP) is 4.57. The molecule has 1 atom stereocenters. The van der Waals surface area contributed by atoms with Gasteiger partial charge in [-0.3, -0.25) is 13.9 Å². The molecule has 0 spiro atoms. The van der Waals surface area contributed by atoms with Crippen molar-refractivity contribution >= 4 is 27.5 Å². The number of carbonyl (C=O) groups is 2. The summed E-state index contributed by atoms with van der Waals surface area (Å²) in [7, 11) is -3.52. The number of aryl methyl sites for hydroxylation is 2. The van der Waals surface area contributed by atoms with Crippen molar-refractivity contribution in [3.8, 4) is 0 Å². The molecule has 0 saturated carbocycles. The van der Waals surface area contributed by atoms with Crippen molar-refractivity contribution in [1.29, 1.82) is 0 Å². The van der Waals surface area contributed by atoms with Gasteiger partial charge in [0.1, 0.15) is 6.04 Å². The summed E-state index contributed by atoms with van der Waals surface area (Å²) in [6, 6.07) is 14.5. The molecule has 2 aromatic rings. The molecule has 36 heavy (non-hydrogen) atoms. The van der Waals surface area contributed by atoms with Gasteiger partial charge >= 0.3 is 0 Å². The molecule has 8 heteroatoms. The van der Waals surface area contributed by atoms with Crippen LogP contribution in [0.3, 0.4) is 0 Å². The Morgan fingerprint density at radius 2 is 1.64 bits per heavy atom. The summed E-state index contributed by atoms with van der Waals surface area (Å²) in [5.74, 6) is -0.370. The van der Waals surface area contributed by atoms with E-state index >= 15 is 0 Å². The van der Waals surface area contributed by atoms with Gasteiger partial charge in [-0.15, -0.1) is 0 Å². The zero-order valence-electron chi connectivity index (χ0n) is 22.7. The third-order valence-corrected chi connectivity index (χ3v) is 7.20. The lowest BCUT2D eigenvalue weighted by molar-refractivity contribution is -0.142. The fraction of sp³-hybridized carbons (Fsp3) is 0.500. The number of sulfonamides is 1. The van der Waals surface area contributed by atoms with E-state index in [4.69, 9.17) is 0 Å². The average Bonchev–Trinajstić information content (AvgIpc) is 2.77. The number of nitrogens with one attached hydrogen (secondary N) is 1. The third-order valence-electron chi connectivity index (χ3n) is 6.01. The van der Waals surface area contributed by atoms with Gasteiger partial charge in [-0.2, -0.15) is 0 Å². The van der Waals surface area contributed by atoms with E-state index in [-0.39, 0.29) is 24.8 Å². The fourth-order valence-corrected chi connectivity index (χ4v) is 4.99. The second-order valence-corrected chi connectivity index (χ2v) is 12.3. The lowest BCUT2D eigenvalue weighted by atomic mass is 10.0. The van der Waals surface area contributed by atoms with Crippen molar-refractivity contribution in [3.63, 3.8) is 0 Å². The lowest BCUT2D eigenvalue weighted by Crippen LogP contribution is -2.53. The van der Waals surface area contributed by atoms with Crippen LogP contribution in [0.5, 0.6) is 0 Å². The Labute approximate surface area is 216 Å². The Hall–Kier alpha value is -2.87. The van der Waals surface area contributed by atoms with Crippen molar-refractivity contribution in [2.24, 2.45) is 0 Å². The van der Waals surface area contributed by atoms with Gasteiger partial charge in [0.05, 0.1) is 11.9 Å². The largest absolute Gasteiger partial charge is 0.350 e. The number of anilines is 1. The summed E-state index contributed by atoms with van der Waals surface area (Å²) in [5.41, 5.74) is 3.18. The Balaban J connectivity index is 2.22. The molecular weight excluding hydrogens is 474 g/mol. The van der Waals surface area contributed by atoms with Crippen LogP contribution >= 0.6 is 0 Å². The Morgan fingerprint density at radius 1 is 1.00 bits per heavy atom. The predicted molar refractivity (Wildman–Crippen MR) is 146 cm³/mol. The summed E-state index contributed by atoms with van der Waals surface area (Å²) in [6.45, 7) is 12.0. The molecule has 2 amide bonds. The number of carbonyl (C=O) groups excluding carboxylic acids is 2. The number of benzene rings is 2. The molecule has 0 bridgehead atoms. The van der Waals surface area contributed by atoms with E-state index in [1.165, 1.54) is 10.6 Å². The summed E-state index contributed by atoms with van der Waals surface area (Å²) < 4.78 is 26.4. The van der Waals surface area contributed by atoms with Gasteiger partial charge in [-0.1, -0.05) is 43.3 Å². The maximum atomic E-state index is 13.5. The van der Waals surface area contributed by atoms with E-state index in [9.17, 15) is 18.0 Å². The normalized spacial score (nSPS) is 12.6. The molecular formula is C28H41N3O4S. The van der Waals surface area contributed by atoms with Crippen LogP contribution in [0.25, 0.3) is 0 Å². The van der Waals surface area contributed by atoms with Crippen LogP contribution in [0, 0.1) is 13.8 Å². The molecule has 0 unspecified atom stereocenters. The van der Waals surface area contributed by atoms with Crippen molar-refractivity contribution in [2.45, 2.75) is 78.9 Å². The first-order chi connectivity index (χ1) is 16.7. The van der Waals surface area contributed by atoms with Gasteiger partial charge in [0, 0.05) is 25.0 Å². The standard InChI is InChI=1S/C28H41N3O4S/c1-8-25(27(33)29-28(4,5)6)30(20-23-13-10-9-11-14-23)26(32)15-12-18-31(36(7,34)35)24-17-16-21(2)22(3)19-24/h9-11,13-14,16-17,19,25H,8,12,15,18,20H2,1-7H3,(H,29,33)/t25-/m1/s1. The molecule has 0 aliphatic heterocycles. The highest BCUT2D eigenvalue weighted by Crippen LogP contribution is 2.22. The van der Waals surface area contributed by atoms with Crippen LogP contribution < -0.4 is 9.62 Å². The van der Waals surface area contributed by atoms with Crippen LogP contribution in [0.15, 0.2) is 48.5 Å². The average molecular weight is 516 g/mol. The Kier molecular flexibility index (Phi) is 10.1. The third kappa shape index (κ3) is 8.66. The first kappa shape index (κ1) is 29.4. The molecule has 0 aromatic heterocycles. The minimum atomic E-state index is -3.52. The first-order valence-corrected chi connectivity index (χ1v) is 14.3. The van der Waals surface area contributed by atoms with Gasteiger partial charge in [0.2, 0.25) is 21.8 Å². The molecule has 0 saturated heterocycles. The van der Waals surface area contributed by atoms with Crippen LogP contribution in [-0.2, 0) is 26.2 Å². The number of hydrogen-bond acceptors (Lipinski definition) is 4. The fourth-order valence-electron chi connectivity index (χ4n) is 4.04. The maximum absolute atomic E-state index is 13.5. The van der Waals surface area contributed by atoms with Gasteiger partial charge in [-0.05, 0) is 76.3 Å². The molecule has 7 nitrogen and oxygen atoms in total. The quantitative estimate of drug-likeness (QED) is 0.475. The molecule has 2 rings (SSSR count). The van der Waals surface area contributed by atoms with Crippen LogP contribution in [0.1, 0.15) is 63.6 Å². The van der Waals surface area contributed by atoms with Crippen molar-refractivity contribution < 1.29 is 18.0 Å². The Morgan fingerprint density at radius 3 is 2.17 bits per heavy atom. The highest BCUT2D eigenvalue weighted by molar-refractivity contribution is 7.92. The van der Waals surface area contributed by atoms with Crippen molar-refractivity contribution in [1.82, 2.24) is 10.2 Å². The number of hydrogen-bond donors (Lipinski definition) is 1. The number of amides is 2. The monoisotopic (exact) mass is 515 g/mol. The Bertz CT molecular complexity index is 1140. The van der Waals surface area contributed by atoms with Crippen LogP contribution in [0.2, 0.25) is 0 Å². The molecule has 2 aromatic carbocycles. The number of nitrogens with zero attached hydrogens (tertiary/aromatic N) is 2. The number of rotatable bonds is 11. The maximum Gasteiger partial charge on any atom is 0.243 e. The minimum absolute atomic E-state index is 0.128. The zero-order chi connectivity index (χ0) is 27.1. The van der Waals surface area contributed by atoms with E-state index in [1.54, 1.807) is 11.0 Å². The topological polar surface area (TPSA) is 86.8 Å². The molecule has 0 heterocycles. The van der Waals surface area contributed by atoms with Gasteiger partial charge < -0.3 is 10.2 Å². The van der Waals surface area contributed by atoms with E-state index in [0.29, 0.717) is 25.1 Å². The second kappa shape index (κ2) is 12.4. The zero-order valence-corrected chi connectivity index (χ0v) is 23.5. The molecule has 0 aliphatic rings. The minimum Gasteiger partial charge on any atom is -0.350 e. The molecule has 0 radical (unpaired) electrons. The van der Waals surface area contributed by atoms with E-state index in [0.717, 1.165) is 16.7 Å². The summed E-state index contributed by atoms with van der Waals surface area (Å²) in [5, 5.41) is 3.00. The molecule has 0 aliphatic carbocycles. The highest BCUT2D eigenvalue weighted by Gasteiger charge is 2.30. The van der Waals surface area contributed by atoms with E-state index < -0.39 is 21.6 Å². The van der Waals surface area contributed by atoms with Gasteiger partial charge in [0.25, 0.3) is 0 Å². The van der Waals surface area contributed by atoms with Crippen molar-refractivity contribution in [3.05, 3.63) is 65.2 Å². The molecule has 0 fully saturated rings. The summed E-state index contributed by atoms with van der Waals surface area (Å²) in [6.07, 6.45) is 2.11. The van der Waals surface area contributed by atoms with E-state index in [1.807, 2.05) is 84.0 Å². The van der Waals surface area contributed by atoms with Crippen LogP contribution in [-0.4, -0.2) is 49.5 Å². The molecule has 1 N–H and O–H groups in total. The first-order valence-electron chi connectivity index (χ1n) is 12.4. The lowest BCUT2D eigenvalue weighted by Gasteiger charge is -2.33. The van der Waals surface area contributed by atoms with E-state index in [2.05, 4.69) is 5.32 Å². The second-order valence-electron chi connectivity index (χ2n) is 10.4.